The Kier molecular flexibility index (Phi) is 4.39. The zero-order chi connectivity index (χ0) is 12.2. The van der Waals surface area contributed by atoms with Gasteiger partial charge in [-0.25, -0.2) is 13.1 Å². The summed E-state index contributed by atoms with van der Waals surface area (Å²) in [7, 11) is -3.51. The maximum atomic E-state index is 11.8. The van der Waals surface area contributed by atoms with Crippen molar-refractivity contribution in [3.63, 3.8) is 0 Å². The van der Waals surface area contributed by atoms with Gasteiger partial charge in [-0.1, -0.05) is 19.1 Å². The van der Waals surface area contributed by atoms with Crippen molar-refractivity contribution in [3.05, 3.63) is 18.0 Å². The van der Waals surface area contributed by atoms with Gasteiger partial charge in [-0.15, -0.1) is 0 Å². The van der Waals surface area contributed by atoms with Crippen molar-refractivity contribution in [1.82, 2.24) is 14.9 Å². The zero-order valence-electron chi connectivity index (χ0n) is 8.80. The van der Waals surface area contributed by atoms with Crippen LogP contribution in [0.2, 0.25) is 0 Å². The smallest absolute Gasteiger partial charge is 0.221 e. The normalized spacial score (nSPS) is 13.6. The summed E-state index contributed by atoms with van der Waals surface area (Å²) in [5.74, 6) is 0. The maximum Gasteiger partial charge on any atom is 0.221 e. The van der Waals surface area contributed by atoms with Crippen LogP contribution in [0.3, 0.4) is 0 Å². The molecule has 0 aliphatic heterocycles. The number of aromatic nitrogens is 2. The minimum Gasteiger partial charge on any atom is -0.392 e. The van der Waals surface area contributed by atoms with E-state index in [1.54, 1.807) is 19.3 Å². The van der Waals surface area contributed by atoms with E-state index in [0.29, 0.717) is 6.42 Å². The first-order valence-electron chi connectivity index (χ1n) is 4.72. The predicted octanol–water partition coefficient (Wildman–Crippen LogP) is -0.106. The summed E-state index contributed by atoms with van der Waals surface area (Å²) in [6.07, 6.45) is 3.52. The first-order chi connectivity index (χ1) is 7.47. The van der Waals surface area contributed by atoms with Gasteiger partial charge in [0.05, 0.1) is 11.2 Å². The molecule has 1 atom stereocenters. The third-order valence-electron chi connectivity index (χ3n) is 2.10. The van der Waals surface area contributed by atoms with Crippen LogP contribution >= 0.6 is 12.2 Å². The Balaban J connectivity index is 2.67. The lowest BCUT2D eigenvalue weighted by atomic mass is 10.3. The third kappa shape index (κ3) is 3.26. The highest BCUT2D eigenvalue weighted by Crippen LogP contribution is 2.06. The number of hydrogen-bond acceptors (Lipinski definition) is 4. The Bertz CT molecular complexity index is 441. The summed E-state index contributed by atoms with van der Waals surface area (Å²) in [6, 6.07) is 0. The molecule has 1 rings (SSSR count). The quantitative estimate of drug-likeness (QED) is 0.621. The fourth-order valence-electron chi connectivity index (χ4n) is 1.23. The highest BCUT2D eigenvalue weighted by molar-refractivity contribution is 7.93. The zero-order valence-corrected chi connectivity index (χ0v) is 10.4. The molecule has 1 aromatic heterocycles. The van der Waals surface area contributed by atoms with E-state index in [-0.39, 0.29) is 11.5 Å². The van der Waals surface area contributed by atoms with E-state index in [9.17, 15) is 8.42 Å². The van der Waals surface area contributed by atoms with E-state index in [4.69, 9.17) is 18.0 Å². The molecule has 0 aromatic carbocycles. The summed E-state index contributed by atoms with van der Waals surface area (Å²) in [6.45, 7) is 1.90. The van der Waals surface area contributed by atoms with Crippen molar-refractivity contribution >= 4 is 27.2 Å². The molecule has 8 heteroatoms. The number of aromatic amines is 1. The van der Waals surface area contributed by atoms with Crippen LogP contribution in [0.1, 0.15) is 18.9 Å². The van der Waals surface area contributed by atoms with Crippen LogP contribution in [-0.4, -0.2) is 28.9 Å². The lowest BCUT2D eigenvalue weighted by Gasteiger charge is -2.14. The van der Waals surface area contributed by atoms with Crippen molar-refractivity contribution < 1.29 is 8.42 Å². The van der Waals surface area contributed by atoms with Gasteiger partial charge < -0.3 is 5.73 Å². The van der Waals surface area contributed by atoms with Crippen molar-refractivity contribution in [2.45, 2.75) is 25.1 Å². The Labute approximate surface area is 99.7 Å². The molecule has 6 nitrogen and oxygen atoms in total. The van der Waals surface area contributed by atoms with Crippen molar-refractivity contribution in [3.8, 4) is 0 Å². The molecule has 0 fully saturated rings. The third-order valence-corrected chi connectivity index (χ3v) is 4.41. The van der Waals surface area contributed by atoms with Gasteiger partial charge in [0.1, 0.15) is 5.25 Å². The van der Waals surface area contributed by atoms with E-state index >= 15 is 0 Å². The van der Waals surface area contributed by atoms with Crippen LogP contribution in [0.5, 0.6) is 0 Å². The highest BCUT2D eigenvalue weighted by Gasteiger charge is 2.25. The molecule has 1 aromatic rings. The summed E-state index contributed by atoms with van der Waals surface area (Å²) < 4.78 is 26.0. The molecule has 0 saturated heterocycles. The van der Waals surface area contributed by atoms with Gasteiger partial charge in [0.15, 0.2) is 0 Å². The molecule has 16 heavy (non-hydrogen) atoms. The number of H-pyrrole nitrogens is 1. The second-order valence-corrected chi connectivity index (χ2v) is 5.69. The molecule has 4 N–H and O–H groups in total. The molecule has 0 amide bonds. The first-order valence-corrected chi connectivity index (χ1v) is 6.68. The topological polar surface area (TPSA) is 101 Å². The molecule has 90 valence electrons. The number of nitrogens with zero attached hydrogens (tertiary/aromatic N) is 1. The van der Waals surface area contributed by atoms with E-state index in [0.717, 1.165) is 5.56 Å². The van der Waals surface area contributed by atoms with Crippen molar-refractivity contribution in [1.29, 1.82) is 0 Å². The largest absolute Gasteiger partial charge is 0.392 e. The number of nitrogens with two attached hydrogens (primary N) is 1. The Morgan fingerprint density at radius 2 is 2.44 bits per heavy atom. The number of hydrogen-bond donors (Lipinski definition) is 3. The van der Waals surface area contributed by atoms with Gasteiger partial charge in [-0.3, -0.25) is 5.10 Å². The van der Waals surface area contributed by atoms with Gasteiger partial charge in [0, 0.05) is 18.3 Å². The van der Waals surface area contributed by atoms with Gasteiger partial charge in [-0.05, 0) is 6.42 Å². The summed E-state index contributed by atoms with van der Waals surface area (Å²) >= 11 is 4.72. The summed E-state index contributed by atoms with van der Waals surface area (Å²) in [4.78, 5) is -0.0119. The van der Waals surface area contributed by atoms with Crippen LogP contribution < -0.4 is 10.5 Å². The standard InChI is InChI=1S/C8H14N4O2S2/c1-2-7(8(9)15)16(13,14)12-5-6-3-10-11-4-6/h3-4,7,12H,2,5H2,1H3,(H2,9,15)(H,10,11). The van der Waals surface area contributed by atoms with Crippen LogP contribution in [0.4, 0.5) is 0 Å². The second kappa shape index (κ2) is 5.37. The SMILES string of the molecule is CCC(C(N)=S)S(=O)(=O)NCc1cn[nH]c1. The number of thiocarbonyl (C=S) groups is 1. The van der Waals surface area contributed by atoms with Crippen molar-refractivity contribution in [2.75, 3.05) is 0 Å². The molecule has 1 heterocycles. The molecule has 1 unspecified atom stereocenters. The van der Waals surface area contributed by atoms with Crippen LogP contribution in [0.15, 0.2) is 12.4 Å². The second-order valence-electron chi connectivity index (χ2n) is 3.27. The van der Waals surface area contributed by atoms with Gasteiger partial charge in [0.25, 0.3) is 0 Å². The van der Waals surface area contributed by atoms with E-state index in [1.165, 1.54) is 0 Å². The lowest BCUT2D eigenvalue weighted by Crippen LogP contribution is -2.41. The Morgan fingerprint density at radius 1 is 1.75 bits per heavy atom. The van der Waals surface area contributed by atoms with Gasteiger partial charge in [-0.2, -0.15) is 5.10 Å². The summed E-state index contributed by atoms with van der Waals surface area (Å²) in [5.41, 5.74) is 6.13. The molecule has 0 radical (unpaired) electrons. The number of sulfonamides is 1. The fourth-order valence-corrected chi connectivity index (χ4v) is 3.09. The Hall–Kier alpha value is -0.990. The maximum absolute atomic E-state index is 11.8. The minimum absolute atomic E-state index is 0.0119. The average Bonchev–Trinajstić information content (AvgIpc) is 2.67. The van der Waals surface area contributed by atoms with E-state index < -0.39 is 15.3 Å². The number of nitrogens with one attached hydrogen (secondary N) is 2. The molecule has 0 bridgehead atoms. The number of rotatable bonds is 6. The molecule has 0 spiro atoms. The van der Waals surface area contributed by atoms with Crippen LogP contribution in [-0.2, 0) is 16.6 Å². The molecular weight excluding hydrogens is 248 g/mol. The molecule has 0 saturated carbocycles. The van der Waals surface area contributed by atoms with Crippen molar-refractivity contribution in [2.24, 2.45) is 5.73 Å². The van der Waals surface area contributed by atoms with E-state index in [2.05, 4.69) is 14.9 Å². The Morgan fingerprint density at radius 3 is 2.88 bits per heavy atom. The fraction of sp³-hybridized carbons (Fsp3) is 0.500. The lowest BCUT2D eigenvalue weighted by molar-refractivity contribution is 0.574. The van der Waals surface area contributed by atoms with Gasteiger partial charge in [0.2, 0.25) is 10.0 Å². The first kappa shape index (κ1) is 13.1. The van der Waals surface area contributed by atoms with Crippen LogP contribution in [0, 0.1) is 0 Å². The highest BCUT2D eigenvalue weighted by atomic mass is 32.2. The predicted molar refractivity (Wildman–Crippen MR) is 65.2 cm³/mol. The van der Waals surface area contributed by atoms with E-state index in [1.807, 2.05) is 0 Å². The summed E-state index contributed by atoms with van der Waals surface area (Å²) in [5, 5.41) is 5.48. The molecule has 0 aliphatic rings. The van der Waals surface area contributed by atoms with Crippen LogP contribution in [0.25, 0.3) is 0 Å². The van der Waals surface area contributed by atoms with Gasteiger partial charge >= 0.3 is 0 Å². The monoisotopic (exact) mass is 262 g/mol. The minimum atomic E-state index is -3.51. The average molecular weight is 262 g/mol. The molecular formula is C8H14N4O2S2. The molecule has 0 aliphatic carbocycles.